The van der Waals surface area contributed by atoms with Crippen LogP contribution >= 0.6 is 11.6 Å². The molecule has 4 atom stereocenters. The van der Waals surface area contributed by atoms with Gasteiger partial charge in [0, 0.05) is 73.8 Å². The lowest BCUT2D eigenvalue weighted by Crippen LogP contribution is -2.66. The van der Waals surface area contributed by atoms with Crippen molar-refractivity contribution in [1.29, 1.82) is 0 Å². The number of ether oxygens (including phenoxy) is 4. The van der Waals surface area contributed by atoms with Gasteiger partial charge in [0.15, 0.2) is 12.0 Å². The van der Waals surface area contributed by atoms with Crippen LogP contribution in [0.2, 0.25) is 10.1 Å². The Morgan fingerprint density at radius 2 is 1.67 bits per heavy atom. The molecule has 11 rings (SSSR count). The van der Waals surface area contributed by atoms with Gasteiger partial charge in [0.2, 0.25) is 0 Å². The summed E-state index contributed by atoms with van der Waals surface area (Å²) in [6.07, 6.45) is 10.3. The normalized spacial score (nSPS) is 21.9. The van der Waals surface area contributed by atoms with Gasteiger partial charge in [0.1, 0.15) is 47.3 Å². The van der Waals surface area contributed by atoms with E-state index in [0.717, 1.165) is 49.0 Å². The molecule has 4 fully saturated rings. The van der Waals surface area contributed by atoms with Gasteiger partial charge in [0.25, 0.3) is 8.32 Å². The van der Waals surface area contributed by atoms with Gasteiger partial charge < -0.3 is 33.2 Å². The highest BCUT2D eigenvalue weighted by atomic mass is 35.5. The Kier molecular flexibility index (Phi) is 16.0. The van der Waals surface area contributed by atoms with Gasteiger partial charge in [-0.15, -0.1) is 0 Å². The number of rotatable bonds is 14. The lowest BCUT2D eigenvalue weighted by atomic mass is 9.95. The molecule has 21 heteroatoms. The monoisotopic (exact) mass is 1160 g/mol. The molecule has 82 heavy (non-hydrogen) atoms. The summed E-state index contributed by atoms with van der Waals surface area (Å²) in [5.74, 6) is -0.533. The first-order valence-electron chi connectivity index (χ1n) is 28.6. The molecule has 4 aliphatic rings. The number of pyridine rings is 1. The maximum atomic E-state index is 18.7. The van der Waals surface area contributed by atoms with Gasteiger partial charge in [-0.1, -0.05) is 93.0 Å². The number of amides is 1. The van der Waals surface area contributed by atoms with Crippen LogP contribution in [0, 0.1) is 5.82 Å². The number of halogens is 3. The Hall–Kier alpha value is -6.58. The Balaban J connectivity index is 1.02. The Morgan fingerprint density at radius 1 is 0.915 bits per heavy atom. The average molecular weight is 1160 g/mol. The molecular weight excluding hydrogens is 1090 g/mol. The molecule has 4 saturated heterocycles. The summed E-state index contributed by atoms with van der Waals surface area (Å²) in [7, 11) is -2.92. The Bertz CT molecular complexity index is 3390. The highest BCUT2D eigenvalue weighted by Crippen LogP contribution is 2.44. The molecule has 0 saturated carbocycles. The van der Waals surface area contributed by atoms with Crippen molar-refractivity contribution in [3.05, 3.63) is 114 Å². The second kappa shape index (κ2) is 22.9. The molecule has 4 aromatic heterocycles. The second-order valence-electron chi connectivity index (χ2n) is 24.7. The minimum absolute atomic E-state index is 0.00897. The van der Waals surface area contributed by atoms with Crippen LogP contribution in [0.25, 0.3) is 33.1 Å². The number of anilines is 1. The lowest BCUT2D eigenvalue weighted by molar-refractivity contribution is -0.0366. The smallest absolute Gasteiger partial charge is 0.419 e. The molecule has 8 heterocycles. The van der Waals surface area contributed by atoms with Crippen LogP contribution < -0.4 is 20.0 Å². The molecule has 0 radical (unpaired) electrons. The minimum Gasteiger partial charge on any atom is -0.461 e. The third kappa shape index (κ3) is 11.3. The van der Waals surface area contributed by atoms with Crippen LogP contribution in [0.3, 0.4) is 0 Å². The first-order valence-corrected chi connectivity index (χ1v) is 30.9. The van der Waals surface area contributed by atoms with Gasteiger partial charge in [0.05, 0.1) is 35.7 Å². The van der Waals surface area contributed by atoms with E-state index in [-0.39, 0.29) is 72.5 Å². The number of carbonyl (C=O) groups is 2. The fourth-order valence-corrected chi connectivity index (χ4v) is 17.8. The van der Waals surface area contributed by atoms with Crippen LogP contribution in [-0.4, -0.2) is 147 Å². The van der Waals surface area contributed by atoms with E-state index in [4.69, 9.17) is 55.0 Å². The molecule has 17 nitrogen and oxygen atoms in total. The van der Waals surface area contributed by atoms with Gasteiger partial charge in [-0.3, -0.25) is 9.88 Å². The van der Waals surface area contributed by atoms with Gasteiger partial charge in [-0.05, 0) is 106 Å². The van der Waals surface area contributed by atoms with E-state index in [1.807, 2.05) is 27.8 Å². The van der Waals surface area contributed by atoms with Crippen molar-refractivity contribution in [2.75, 3.05) is 64.0 Å². The summed E-state index contributed by atoms with van der Waals surface area (Å²) in [5.41, 5.74) is -1.12. The number of hydrogen-bond acceptors (Lipinski definition) is 14. The van der Waals surface area contributed by atoms with E-state index < -0.39 is 49.2 Å². The SMILES string of the molecule is CC(C)(C)OC(=O)N1CCN(c2nc(OC[C@@]34CCCN3C[C@H](F)C4)nc3c(F)c(-c4c(CCCO[Si](c5ccccc5)(c5ccccc5)C(C)(C)C)c(Cl)cc5c4cnn5C4CCCCO4)ncc23)CC(C)(OC(=O)n2ccnc2)C1. The molecule has 2 unspecified atom stereocenters. The molecular formula is C61H73ClF2N10O7Si. The molecule has 0 aliphatic carbocycles. The third-order valence-corrected chi connectivity index (χ3v) is 21.9. The zero-order valence-electron chi connectivity index (χ0n) is 47.9. The zero-order valence-corrected chi connectivity index (χ0v) is 49.6. The average Bonchev–Trinajstić information content (AvgIpc) is 3.53. The summed E-state index contributed by atoms with van der Waals surface area (Å²) in [5, 5.41) is 8.22. The number of carbonyl (C=O) groups excluding carboxylic acids is 2. The minimum atomic E-state index is -2.92. The van der Waals surface area contributed by atoms with Crippen LogP contribution in [0.4, 0.5) is 24.2 Å². The number of fused-ring (bicyclic) bond motifs is 3. The molecule has 7 aromatic rings. The molecule has 0 bridgehead atoms. The maximum absolute atomic E-state index is 18.7. The van der Waals surface area contributed by atoms with Crippen molar-refractivity contribution in [3.63, 3.8) is 0 Å². The summed E-state index contributed by atoms with van der Waals surface area (Å²) in [4.78, 5) is 52.0. The topological polar surface area (TPSA) is 164 Å². The van der Waals surface area contributed by atoms with Crippen LogP contribution in [-0.2, 0) is 25.1 Å². The third-order valence-electron chi connectivity index (χ3n) is 16.5. The van der Waals surface area contributed by atoms with Crippen molar-refractivity contribution in [2.45, 2.75) is 134 Å². The number of imidazole rings is 1. The largest absolute Gasteiger partial charge is 0.461 e. The van der Waals surface area contributed by atoms with E-state index >= 15 is 8.78 Å². The van der Waals surface area contributed by atoms with Crippen LogP contribution in [0.1, 0.15) is 105 Å². The van der Waals surface area contributed by atoms with E-state index in [1.165, 1.54) is 28.2 Å². The standard InChI is InChI=1S/C61H73ClF2N10O7Si/c1-58(2,3)80-56(75)71-29-28-70(37-60(7,38-71)81-57(76)72-27-25-65-40-72)54-46-34-66-53(51(64)52(46)68-55(69-54)78-39-61-24-17-26-73(61)36-41(63)33-61)50-44(47(62)32-48-45(50)35-67-74(48)49-23-14-15-30-77-49)22-16-31-79-82(59(4,5)6,42-18-10-8-11-19-42)43-20-12-9-13-21-43/h8-13,18-21,25,27,32,34-35,40-41,49H,14-17,22-24,26,28-31,33,36-39H2,1-7H3/t41-,49?,60?,61+/m1/s1. The number of hydrogen-bond donors (Lipinski definition) is 0. The van der Waals surface area contributed by atoms with Gasteiger partial charge in [-0.25, -0.2) is 32.6 Å². The lowest BCUT2D eigenvalue weighted by Gasteiger charge is -2.43. The number of benzene rings is 3. The first-order chi connectivity index (χ1) is 39.2. The van der Waals surface area contributed by atoms with E-state index in [2.05, 4.69) is 79.2 Å². The van der Waals surface area contributed by atoms with E-state index in [0.29, 0.717) is 66.1 Å². The number of aromatic nitrogens is 7. The second-order valence-corrected chi connectivity index (χ2v) is 29.4. The first kappa shape index (κ1) is 57.2. The highest BCUT2D eigenvalue weighted by Gasteiger charge is 2.51. The van der Waals surface area contributed by atoms with Gasteiger partial charge in [-0.2, -0.15) is 15.1 Å². The van der Waals surface area contributed by atoms with Crippen LogP contribution in [0.15, 0.2) is 97.8 Å². The molecule has 3 aromatic carbocycles. The van der Waals surface area contributed by atoms with Crippen molar-refractivity contribution in [2.24, 2.45) is 0 Å². The van der Waals surface area contributed by atoms with Crippen molar-refractivity contribution in [1.82, 2.24) is 44.1 Å². The molecule has 0 spiro atoms. The van der Waals surface area contributed by atoms with Crippen molar-refractivity contribution in [3.8, 4) is 17.3 Å². The molecule has 1 amide bonds. The van der Waals surface area contributed by atoms with Crippen molar-refractivity contribution < 1.29 is 41.7 Å². The summed E-state index contributed by atoms with van der Waals surface area (Å²) >= 11 is 7.49. The van der Waals surface area contributed by atoms with Crippen molar-refractivity contribution >= 4 is 70.1 Å². The van der Waals surface area contributed by atoms with Crippen LogP contribution in [0.5, 0.6) is 6.01 Å². The van der Waals surface area contributed by atoms with Gasteiger partial charge >= 0.3 is 18.2 Å². The maximum Gasteiger partial charge on any atom is 0.419 e. The predicted molar refractivity (Wildman–Crippen MR) is 313 cm³/mol. The molecule has 0 N–H and O–H groups in total. The zero-order chi connectivity index (χ0) is 57.6. The molecule has 434 valence electrons. The summed E-state index contributed by atoms with van der Waals surface area (Å²) in [6, 6.07) is 22.7. The van der Waals surface area contributed by atoms with E-state index in [9.17, 15) is 9.59 Å². The summed E-state index contributed by atoms with van der Waals surface area (Å²) in [6.45, 7) is 16.1. The fourth-order valence-electron chi connectivity index (χ4n) is 12.9. The Morgan fingerprint density at radius 3 is 2.35 bits per heavy atom. The Labute approximate surface area is 483 Å². The van der Waals surface area contributed by atoms with E-state index in [1.54, 1.807) is 40.1 Å². The summed E-state index contributed by atoms with van der Waals surface area (Å²) < 4.78 is 69.2. The number of nitrogens with zero attached hydrogens (tertiary/aromatic N) is 10. The fraction of sp³-hybridized carbons (Fsp3) is 0.492. The number of alkyl halides is 1. The highest BCUT2D eigenvalue weighted by molar-refractivity contribution is 6.99. The predicted octanol–water partition coefficient (Wildman–Crippen LogP) is 10.7. The quantitative estimate of drug-likeness (QED) is 0.0746. The molecule has 4 aliphatic heterocycles.